The zero-order valence-corrected chi connectivity index (χ0v) is 18.1. The van der Waals surface area contributed by atoms with Gasteiger partial charge in [-0.2, -0.15) is 4.31 Å². The third-order valence-corrected chi connectivity index (χ3v) is 6.85. The minimum atomic E-state index is -3.65. The summed E-state index contributed by atoms with van der Waals surface area (Å²) in [5, 5.41) is 0. The smallest absolute Gasteiger partial charge is 0.251 e. The molecule has 0 saturated carbocycles. The van der Waals surface area contributed by atoms with Gasteiger partial charge in [-0.25, -0.2) is 13.4 Å². The van der Waals surface area contributed by atoms with Gasteiger partial charge in [0.15, 0.2) is 0 Å². The van der Waals surface area contributed by atoms with Gasteiger partial charge in [0.2, 0.25) is 10.0 Å². The molecule has 1 aliphatic rings. The zero-order valence-electron chi connectivity index (χ0n) is 17.3. The standard InChI is InChI=1S/C20H28N4O4S/c1-5-28-18-7-6-15(29(26,27)24-10-8-23(4)9-11-24)12-16(18)20-21-17(14(2)3)13-19(25)22-20/h6-7,12-14H,5,8-11H2,1-4H3,(H,21,22,25). The summed E-state index contributed by atoms with van der Waals surface area (Å²) in [6, 6.07) is 6.18. The minimum Gasteiger partial charge on any atom is -0.493 e. The van der Waals surface area contributed by atoms with Crippen LogP contribution in [-0.2, 0) is 10.0 Å². The van der Waals surface area contributed by atoms with Crippen LogP contribution < -0.4 is 10.3 Å². The number of H-pyrrole nitrogens is 1. The molecule has 0 radical (unpaired) electrons. The van der Waals surface area contributed by atoms with Crippen molar-refractivity contribution in [2.75, 3.05) is 39.8 Å². The van der Waals surface area contributed by atoms with Crippen LogP contribution in [0.5, 0.6) is 5.75 Å². The number of ether oxygens (including phenoxy) is 1. The van der Waals surface area contributed by atoms with Crippen LogP contribution in [0.2, 0.25) is 0 Å². The quantitative estimate of drug-likeness (QED) is 0.767. The van der Waals surface area contributed by atoms with E-state index in [0.717, 1.165) is 0 Å². The molecule has 1 saturated heterocycles. The van der Waals surface area contributed by atoms with E-state index >= 15 is 0 Å². The monoisotopic (exact) mass is 420 g/mol. The van der Waals surface area contributed by atoms with E-state index in [9.17, 15) is 13.2 Å². The van der Waals surface area contributed by atoms with E-state index in [1.807, 2.05) is 27.8 Å². The van der Waals surface area contributed by atoms with Crippen molar-refractivity contribution in [2.45, 2.75) is 31.6 Å². The van der Waals surface area contributed by atoms with E-state index in [-0.39, 0.29) is 16.4 Å². The lowest BCUT2D eigenvalue weighted by Crippen LogP contribution is -2.47. The normalized spacial score (nSPS) is 16.3. The van der Waals surface area contributed by atoms with Crippen LogP contribution in [0, 0.1) is 0 Å². The van der Waals surface area contributed by atoms with Crippen molar-refractivity contribution in [3.05, 3.63) is 40.3 Å². The second-order valence-corrected chi connectivity index (χ2v) is 9.41. The summed E-state index contributed by atoms with van der Waals surface area (Å²) in [7, 11) is -1.68. The van der Waals surface area contributed by atoms with Crippen LogP contribution in [0.4, 0.5) is 0 Å². The van der Waals surface area contributed by atoms with Gasteiger partial charge in [-0.15, -0.1) is 0 Å². The molecule has 0 bridgehead atoms. The Bertz CT molecular complexity index is 1030. The summed E-state index contributed by atoms with van der Waals surface area (Å²) in [6.45, 7) is 8.42. The number of aromatic amines is 1. The Morgan fingerprint density at radius 2 is 1.86 bits per heavy atom. The van der Waals surface area contributed by atoms with Gasteiger partial charge < -0.3 is 14.6 Å². The molecule has 2 aromatic rings. The van der Waals surface area contributed by atoms with Gasteiger partial charge in [0.25, 0.3) is 5.56 Å². The topological polar surface area (TPSA) is 95.6 Å². The maximum absolute atomic E-state index is 13.2. The number of benzene rings is 1. The highest BCUT2D eigenvalue weighted by atomic mass is 32.2. The molecule has 8 nitrogen and oxygen atoms in total. The predicted octanol–water partition coefficient (Wildman–Crippen LogP) is 1.90. The Morgan fingerprint density at radius 1 is 1.17 bits per heavy atom. The van der Waals surface area contributed by atoms with Crippen LogP contribution in [-0.4, -0.2) is 67.4 Å². The lowest BCUT2D eigenvalue weighted by Gasteiger charge is -2.31. The molecular weight excluding hydrogens is 392 g/mol. The lowest BCUT2D eigenvalue weighted by atomic mass is 10.1. The maximum atomic E-state index is 13.2. The predicted molar refractivity (Wildman–Crippen MR) is 112 cm³/mol. The van der Waals surface area contributed by atoms with E-state index < -0.39 is 10.0 Å². The van der Waals surface area contributed by atoms with Crippen LogP contribution in [0.3, 0.4) is 0 Å². The average molecular weight is 421 g/mol. The Balaban J connectivity index is 2.09. The fourth-order valence-electron chi connectivity index (χ4n) is 3.21. The van der Waals surface area contributed by atoms with E-state index in [0.29, 0.717) is 55.6 Å². The van der Waals surface area contributed by atoms with Gasteiger partial charge in [0.05, 0.1) is 22.8 Å². The molecule has 158 valence electrons. The summed E-state index contributed by atoms with van der Waals surface area (Å²) >= 11 is 0. The SMILES string of the molecule is CCOc1ccc(S(=O)(=O)N2CCN(C)CC2)cc1-c1nc(C(C)C)cc(=O)[nH]1. The average Bonchev–Trinajstić information content (AvgIpc) is 2.68. The Labute approximate surface area is 171 Å². The number of rotatable bonds is 6. The van der Waals surface area contributed by atoms with E-state index in [1.54, 1.807) is 18.2 Å². The number of sulfonamides is 1. The molecule has 1 fully saturated rings. The van der Waals surface area contributed by atoms with Gasteiger partial charge >= 0.3 is 0 Å². The molecule has 0 aliphatic carbocycles. The number of likely N-dealkylation sites (N-methyl/N-ethyl adjacent to an activating group) is 1. The molecule has 0 atom stereocenters. The highest BCUT2D eigenvalue weighted by Gasteiger charge is 2.28. The number of hydrogen-bond donors (Lipinski definition) is 1. The first-order valence-corrected chi connectivity index (χ1v) is 11.2. The molecule has 1 aromatic carbocycles. The van der Waals surface area contributed by atoms with Crippen molar-refractivity contribution >= 4 is 10.0 Å². The first-order chi connectivity index (χ1) is 13.7. The largest absolute Gasteiger partial charge is 0.493 e. The molecule has 2 heterocycles. The zero-order chi connectivity index (χ0) is 21.2. The molecule has 1 N–H and O–H groups in total. The summed E-state index contributed by atoms with van der Waals surface area (Å²) in [5.41, 5.74) is 0.814. The van der Waals surface area contributed by atoms with Crippen molar-refractivity contribution < 1.29 is 13.2 Å². The number of aromatic nitrogens is 2. The Kier molecular flexibility index (Phi) is 6.40. The molecule has 1 aliphatic heterocycles. The van der Waals surface area contributed by atoms with Crippen molar-refractivity contribution in [3.8, 4) is 17.1 Å². The van der Waals surface area contributed by atoms with Gasteiger partial charge in [-0.1, -0.05) is 13.8 Å². The van der Waals surface area contributed by atoms with E-state index in [1.165, 1.54) is 10.4 Å². The fraction of sp³-hybridized carbons (Fsp3) is 0.500. The van der Waals surface area contributed by atoms with Crippen LogP contribution in [0.15, 0.2) is 34.0 Å². The van der Waals surface area contributed by atoms with Crippen molar-refractivity contribution in [1.29, 1.82) is 0 Å². The van der Waals surface area contributed by atoms with Crippen molar-refractivity contribution in [1.82, 2.24) is 19.2 Å². The van der Waals surface area contributed by atoms with Gasteiger partial charge in [-0.3, -0.25) is 4.79 Å². The van der Waals surface area contributed by atoms with Crippen LogP contribution >= 0.6 is 0 Å². The highest BCUT2D eigenvalue weighted by Crippen LogP contribution is 2.32. The molecule has 1 aromatic heterocycles. The first kappa shape index (κ1) is 21.5. The molecule has 9 heteroatoms. The van der Waals surface area contributed by atoms with Gasteiger partial charge in [-0.05, 0) is 38.1 Å². The molecule has 0 unspecified atom stereocenters. The molecule has 0 amide bonds. The second kappa shape index (κ2) is 8.64. The molecular formula is C20H28N4O4S. The summed E-state index contributed by atoms with van der Waals surface area (Å²) < 4.78 is 33.5. The first-order valence-electron chi connectivity index (χ1n) is 9.79. The third kappa shape index (κ3) is 4.68. The van der Waals surface area contributed by atoms with Crippen LogP contribution in [0.25, 0.3) is 11.4 Å². The number of piperazine rings is 1. The summed E-state index contributed by atoms with van der Waals surface area (Å²) in [6.07, 6.45) is 0. The Hall–Kier alpha value is -2.23. The second-order valence-electron chi connectivity index (χ2n) is 7.47. The molecule has 29 heavy (non-hydrogen) atoms. The number of nitrogens with zero attached hydrogens (tertiary/aromatic N) is 3. The third-order valence-electron chi connectivity index (χ3n) is 4.96. The van der Waals surface area contributed by atoms with Gasteiger partial charge in [0.1, 0.15) is 11.6 Å². The van der Waals surface area contributed by atoms with Crippen molar-refractivity contribution in [2.24, 2.45) is 0 Å². The summed E-state index contributed by atoms with van der Waals surface area (Å²) in [4.78, 5) is 21.7. The Morgan fingerprint density at radius 3 is 2.48 bits per heavy atom. The number of hydrogen-bond acceptors (Lipinski definition) is 6. The maximum Gasteiger partial charge on any atom is 0.251 e. The fourth-order valence-corrected chi connectivity index (χ4v) is 4.66. The number of nitrogens with one attached hydrogen (secondary N) is 1. The van der Waals surface area contributed by atoms with E-state index in [4.69, 9.17) is 4.74 Å². The van der Waals surface area contributed by atoms with Crippen molar-refractivity contribution in [3.63, 3.8) is 0 Å². The van der Waals surface area contributed by atoms with Gasteiger partial charge in [0, 0.05) is 32.2 Å². The van der Waals surface area contributed by atoms with E-state index in [2.05, 4.69) is 14.9 Å². The molecule has 0 spiro atoms. The lowest BCUT2D eigenvalue weighted by molar-refractivity contribution is 0.222. The van der Waals surface area contributed by atoms with Crippen LogP contribution in [0.1, 0.15) is 32.4 Å². The highest BCUT2D eigenvalue weighted by molar-refractivity contribution is 7.89. The summed E-state index contributed by atoms with van der Waals surface area (Å²) in [5.74, 6) is 0.845. The molecule has 3 rings (SSSR count). The minimum absolute atomic E-state index is 0.0591.